The predicted octanol–water partition coefficient (Wildman–Crippen LogP) is 4.74. The summed E-state index contributed by atoms with van der Waals surface area (Å²) in [5.41, 5.74) is 2.14. The Morgan fingerprint density at radius 2 is 1.96 bits per heavy atom. The molecule has 1 amide bonds. The Morgan fingerprint density at radius 1 is 1.26 bits per heavy atom. The molecule has 2 aromatic carbocycles. The van der Waals surface area contributed by atoms with Crippen LogP contribution < -0.4 is 10.1 Å². The minimum atomic E-state index is -0.0946. The molecule has 23 heavy (non-hydrogen) atoms. The number of hydrogen-bond donors (Lipinski definition) is 1. The Labute approximate surface area is 149 Å². The zero-order valence-electron chi connectivity index (χ0n) is 13.4. The first-order chi connectivity index (χ1) is 11.0. The highest BCUT2D eigenvalue weighted by Crippen LogP contribution is 2.26. The Bertz CT molecular complexity index is 673. The molecule has 0 aliphatic heterocycles. The van der Waals surface area contributed by atoms with Gasteiger partial charge in [-0.05, 0) is 44.2 Å². The molecule has 0 aliphatic carbocycles. The standard InChI is InChI=1S/C18H20BrNO2S/c1-12-4-9-17(22-3)16(10-12)13(2)20-18(21)11-23-15-7-5-14(19)6-8-15/h4-10,13H,11H2,1-3H3,(H,20,21)/t13-/m0/s1. The minimum absolute atomic E-state index is 0.00831. The maximum atomic E-state index is 12.2. The highest BCUT2D eigenvalue weighted by molar-refractivity contribution is 9.10. The Hall–Kier alpha value is -1.46. The van der Waals surface area contributed by atoms with Crippen molar-refractivity contribution in [2.45, 2.75) is 24.8 Å². The van der Waals surface area contributed by atoms with Crippen LogP contribution in [-0.2, 0) is 4.79 Å². The number of amides is 1. The number of carbonyl (C=O) groups is 1. The van der Waals surface area contributed by atoms with E-state index in [1.54, 1.807) is 7.11 Å². The van der Waals surface area contributed by atoms with Gasteiger partial charge in [0.25, 0.3) is 0 Å². The number of nitrogens with one attached hydrogen (secondary N) is 1. The van der Waals surface area contributed by atoms with E-state index >= 15 is 0 Å². The van der Waals surface area contributed by atoms with Gasteiger partial charge in [-0.1, -0.05) is 33.6 Å². The first kappa shape index (κ1) is 17.9. The normalized spacial score (nSPS) is 11.8. The number of carbonyl (C=O) groups excluding carboxylic acids is 1. The fourth-order valence-corrected chi connectivity index (χ4v) is 3.21. The molecule has 2 rings (SSSR count). The molecule has 0 heterocycles. The van der Waals surface area contributed by atoms with Gasteiger partial charge in [0.2, 0.25) is 5.91 Å². The van der Waals surface area contributed by atoms with Gasteiger partial charge < -0.3 is 10.1 Å². The molecule has 0 aromatic heterocycles. The van der Waals surface area contributed by atoms with Crippen molar-refractivity contribution in [1.82, 2.24) is 5.32 Å². The van der Waals surface area contributed by atoms with Crippen molar-refractivity contribution in [1.29, 1.82) is 0 Å². The van der Waals surface area contributed by atoms with Crippen molar-refractivity contribution in [3.63, 3.8) is 0 Å². The van der Waals surface area contributed by atoms with Crippen LogP contribution in [0.3, 0.4) is 0 Å². The second-order valence-corrected chi connectivity index (χ2v) is 7.24. The third-order valence-electron chi connectivity index (χ3n) is 3.41. The van der Waals surface area contributed by atoms with E-state index in [9.17, 15) is 4.79 Å². The average Bonchev–Trinajstić information content (AvgIpc) is 2.54. The number of ether oxygens (including phenoxy) is 1. The van der Waals surface area contributed by atoms with Gasteiger partial charge in [0.15, 0.2) is 0 Å². The van der Waals surface area contributed by atoms with E-state index in [1.807, 2.05) is 56.3 Å². The van der Waals surface area contributed by atoms with E-state index in [0.717, 1.165) is 26.2 Å². The topological polar surface area (TPSA) is 38.3 Å². The lowest BCUT2D eigenvalue weighted by molar-refractivity contribution is -0.119. The summed E-state index contributed by atoms with van der Waals surface area (Å²) in [6, 6.07) is 13.8. The first-order valence-electron chi connectivity index (χ1n) is 7.32. The first-order valence-corrected chi connectivity index (χ1v) is 9.09. The van der Waals surface area contributed by atoms with Gasteiger partial charge in [0, 0.05) is 14.9 Å². The lowest BCUT2D eigenvalue weighted by Gasteiger charge is -2.18. The summed E-state index contributed by atoms with van der Waals surface area (Å²) in [5.74, 6) is 1.19. The highest BCUT2D eigenvalue weighted by Gasteiger charge is 2.14. The highest BCUT2D eigenvalue weighted by atomic mass is 79.9. The van der Waals surface area contributed by atoms with Crippen LogP contribution in [0.15, 0.2) is 51.8 Å². The molecule has 0 bridgehead atoms. The van der Waals surface area contributed by atoms with Crippen molar-refractivity contribution in [2.24, 2.45) is 0 Å². The molecule has 2 aromatic rings. The molecule has 122 valence electrons. The third kappa shape index (κ3) is 5.29. The summed E-state index contributed by atoms with van der Waals surface area (Å²) in [6.45, 7) is 4.00. The lowest BCUT2D eigenvalue weighted by atomic mass is 10.0. The van der Waals surface area contributed by atoms with Crippen molar-refractivity contribution < 1.29 is 9.53 Å². The summed E-state index contributed by atoms with van der Waals surface area (Å²) < 4.78 is 6.42. The van der Waals surface area contributed by atoms with Crippen LogP contribution >= 0.6 is 27.7 Å². The number of aryl methyl sites for hydroxylation is 1. The molecular formula is C18H20BrNO2S. The fourth-order valence-electron chi connectivity index (χ4n) is 2.23. The largest absolute Gasteiger partial charge is 0.496 e. The van der Waals surface area contributed by atoms with E-state index in [0.29, 0.717) is 5.75 Å². The van der Waals surface area contributed by atoms with E-state index in [1.165, 1.54) is 11.8 Å². The SMILES string of the molecule is COc1ccc(C)cc1[C@H](C)NC(=O)CSc1ccc(Br)cc1. The summed E-state index contributed by atoms with van der Waals surface area (Å²) in [5, 5.41) is 3.03. The van der Waals surface area contributed by atoms with Crippen LogP contribution in [0, 0.1) is 6.92 Å². The number of halogens is 1. The molecule has 0 radical (unpaired) electrons. The molecule has 0 fully saturated rings. The molecule has 0 saturated heterocycles. The zero-order valence-corrected chi connectivity index (χ0v) is 15.8. The number of thioether (sulfide) groups is 1. The summed E-state index contributed by atoms with van der Waals surface area (Å²) >= 11 is 4.93. The summed E-state index contributed by atoms with van der Waals surface area (Å²) in [6.07, 6.45) is 0. The van der Waals surface area contributed by atoms with Crippen LogP contribution in [-0.4, -0.2) is 18.8 Å². The molecule has 0 unspecified atom stereocenters. The van der Waals surface area contributed by atoms with Gasteiger partial charge in [-0.2, -0.15) is 0 Å². The lowest BCUT2D eigenvalue weighted by Crippen LogP contribution is -2.28. The van der Waals surface area contributed by atoms with Gasteiger partial charge in [-0.15, -0.1) is 11.8 Å². The van der Waals surface area contributed by atoms with Gasteiger partial charge >= 0.3 is 0 Å². The summed E-state index contributed by atoms with van der Waals surface area (Å²) in [4.78, 5) is 13.2. The minimum Gasteiger partial charge on any atom is -0.496 e. The van der Waals surface area contributed by atoms with Crippen molar-refractivity contribution >= 4 is 33.6 Å². The van der Waals surface area contributed by atoms with Gasteiger partial charge in [0.05, 0.1) is 18.9 Å². The molecule has 1 atom stereocenters. The predicted molar refractivity (Wildman–Crippen MR) is 99.2 cm³/mol. The maximum absolute atomic E-state index is 12.2. The van der Waals surface area contributed by atoms with Crippen molar-refractivity contribution in [3.05, 3.63) is 58.1 Å². The maximum Gasteiger partial charge on any atom is 0.230 e. The zero-order chi connectivity index (χ0) is 16.8. The monoisotopic (exact) mass is 393 g/mol. The second kappa shape index (κ2) is 8.41. The molecule has 0 aliphatic rings. The average molecular weight is 394 g/mol. The van der Waals surface area contributed by atoms with Crippen molar-refractivity contribution in [2.75, 3.05) is 12.9 Å². The molecule has 5 heteroatoms. The van der Waals surface area contributed by atoms with E-state index in [-0.39, 0.29) is 11.9 Å². The number of rotatable bonds is 6. The summed E-state index contributed by atoms with van der Waals surface area (Å²) in [7, 11) is 1.64. The second-order valence-electron chi connectivity index (χ2n) is 5.28. The molecule has 3 nitrogen and oxygen atoms in total. The number of benzene rings is 2. The number of hydrogen-bond acceptors (Lipinski definition) is 3. The molecule has 0 spiro atoms. The van der Waals surface area contributed by atoms with Gasteiger partial charge in [0.1, 0.15) is 5.75 Å². The van der Waals surface area contributed by atoms with Crippen LogP contribution in [0.25, 0.3) is 0 Å². The van der Waals surface area contributed by atoms with Gasteiger partial charge in [-0.3, -0.25) is 4.79 Å². The van der Waals surface area contributed by atoms with Crippen LogP contribution in [0.1, 0.15) is 24.1 Å². The Balaban J connectivity index is 1.94. The van der Waals surface area contributed by atoms with Crippen LogP contribution in [0.2, 0.25) is 0 Å². The van der Waals surface area contributed by atoms with Crippen LogP contribution in [0.4, 0.5) is 0 Å². The van der Waals surface area contributed by atoms with Crippen molar-refractivity contribution in [3.8, 4) is 5.75 Å². The van der Waals surface area contributed by atoms with E-state index < -0.39 is 0 Å². The molecular weight excluding hydrogens is 374 g/mol. The smallest absolute Gasteiger partial charge is 0.230 e. The Morgan fingerprint density at radius 3 is 2.61 bits per heavy atom. The third-order valence-corrected chi connectivity index (χ3v) is 4.95. The molecule has 1 N–H and O–H groups in total. The Kier molecular flexibility index (Phi) is 6.54. The quantitative estimate of drug-likeness (QED) is 0.720. The van der Waals surface area contributed by atoms with E-state index in [2.05, 4.69) is 21.2 Å². The van der Waals surface area contributed by atoms with Crippen LogP contribution in [0.5, 0.6) is 5.75 Å². The fraction of sp³-hybridized carbons (Fsp3) is 0.278. The van der Waals surface area contributed by atoms with Gasteiger partial charge in [-0.25, -0.2) is 0 Å². The molecule has 0 saturated carbocycles. The van der Waals surface area contributed by atoms with E-state index in [4.69, 9.17) is 4.74 Å². The number of methoxy groups -OCH3 is 1.